The Balaban J connectivity index is 2.85. The number of halogens is 1. The highest BCUT2D eigenvalue weighted by Crippen LogP contribution is 2.20. The lowest BCUT2D eigenvalue weighted by atomic mass is 9.98. The van der Waals surface area contributed by atoms with Gasteiger partial charge in [-0.15, -0.1) is 0 Å². The van der Waals surface area contributed by atoms with Crippen LogP contribution in [0.1, 0.15) is 13.3 Å². The minimum absolute atomic E-state index is 0.0346. The molecule has 0 bridgehead atoms. The Labute approximate surface area is 87.9 Å². The molecule has 3 N–H and O–H groups in total. The van der Waals surface area contributed by atoms with Crippen LogP contribution in [0.4, 0.5) is 4.53 Å². The van der Waals surface area contributed by atoms with E-state index in [1.165, 1.54) is 0 Å². The van der Waals surface area contributed by atoms with Gasteiger partial charge in [0.1, 0.15) is 0 Å². The van der Waals surface area contributed by atoms with Gasteiger partial charge in [0.15, 0.2) is 0 Å². The summed E-state index contributed by atoms with van der Waals surface area (Å²) in [7, 11) is 1.95. The maximum Gasteiger partial charge on any atom is 0.275 e. The highest BCUT2D eigenvalue weighted by Gasteiger charge is 2.24. The number of nitrogens with two attached hydrogens (primary N) is 1. The number of hydrogen-bond donors (Lipinski definition) is 2. The second-order valence-electron chi connectivity index (χ2n) is 3.86. The van der Waals surface area contributed by atoms with Crippen molar-refractivity contribution in [1.29, 1.82) is 0 Å². The van der Waals surface area contributed by atoms with Gasteiger partial charge in [0, 0.05) is 36.7 Å². The lowest BCUT2D eigenvalue weighted by Crippen LogP contribution is -2.30. The third-order valence-corrected chi connectivity index (χ3v) is 2.56. The Morgan fingerprint density at radius 1 is 1.73 bits per heavy atom. The van der Waals surface area contributed by atoms with Crippen LogP contribution in [0.25, 0.3) is 0 Å². The topological polar surface area (TPSA) is 67.6 Å². The van der Waals surface area contributed by atoms with E-state index >= 15 is 0 Å². The number of rotatable bonds is 2. The summed E-state index contributed by atoms with van der Waals surface area (Å²) < 4.78 is 11.5. The van der Waals surface area contributed by atoms with E-state index < -0.39 is 5.91 Å². The molecule has 0 spiro atoms. The van der Waals surface area contributed by atoms with Crippen LogP contribution in [-0.2, 0) is 9.84 Å². The quantitative estimate of drug-likeness (QED) is 0.644. The minimum Gasteiger partial charge on any atom is -0.402 e. The van der Waals surface area contributed by atoms with Gasteiger partial charge in [0.25, 0.3) is 5.91 Å². The van der Waals surface area contributed by atoms with Gasteiger partial charge in [0.2, 0.25) is 0 Å². The van der Waals surface area contributed by atoms with Crippen molar-refractivity contribution in [3.63, 3.8) is 0 Å². The summed E-state index contributed by atoms with van der Waals surface area (Å²) in [4.78, 5) is 13.5. The van der Waals surface area contributed by atoms with Crippen molar-refractivity contribution in [2.24, 2.45) is 11.7 Å². The largest absolute Gasteiger partial charge is 0.402 e. The van der Waals surface area contributed by atoms with E-state index in [0.29, 0.717) is 17.7 Å². The van der Waals surface area contributed by atoms with Gasteiger partial charge in [-0.2, -0.15) is 5.48 Å². The van der Waals surface area contributed by atoms with Crippen molar-refractivity contribution in [2.75, 3.05) is 20.1 Å². The van der Waals surface area contributed by atoms with Gasteiger partial charge in [-0.1, -0.05) is 12.0 Å². The summed E-state index contributed by atoms with van der Waals surface area (Å²) in [6, 6.07) is 0. The lowest BCUT2D eigenvalue weighted by Gasteiger charge is -2.18. The van der Waals surface area contributed by atoms with Crippen molar-refractivity contribution in [3.8, 4) is 0 Å². The Bertz CT molecular complexity index is 281. The zero-order valence-corrected chi connectivity index (χ0v) is 8.92. The summed E-state index contributed by atoms with van der Waals surface area (Å²) in [6.45, 7) is 3.39. The summed E-state index contributed by atoms with van der Waals surface area (Å²) in [5.74, 6) is -0.634. The van der Waals surface area contributed by atoms with Crippen molar-refractivity contribution in [1.82, 2.24) is 10.4 Å². The van der Waals surface area contributed by atoms with E-state index in [4.69, 9.17) is 5.73 Å². The van der Waals surface area contributed by atoms with Crippen LogP contribution in [0.5, 0.6) is 0 Å². The molecule has 86 valence electrons. The van der Waals surface area contributed by atoms with Crippen molar-refractivity contribution in [3.05, 3.63) is 11.3 Å². The van der Waals surface area contributed by atoms with Crippen molar-refractivity contribution >= 4 is 5.91 Å². The Kier molecular flexibility index (Phi) is 4.05. The molecule has 1 aliphatic heterocycles. The fourth-order valence-electron chi connectivity index (χ4n) is 1.87. The second-order valence-corrected chi connectivity index (χ2v) is 3.86. The third-order valence-electron chi connectivity index (χ3n) is 2.56. The van der Waals surface area contributed by atoms with Gasteiger partial charge in [-0.3, -0.25) is 4.79 Å². The highest BCUT2D eigenvalue weighted by atomic mass is 19.3. The molecule has 0 aliphatic carbocycles. The van der Waals surface area contributed by atoms with Crippen LogP contribution in [-0.4, -0.2) is 30.9 Å². The molecule has 15 heavy (non-hydrogen) atoms. The monoisotopic (exact) mass is 217 g/mol. The van der Waals surface area contributed by atoms with E-state index in [9.17, 15) is 9.32 Å². The van der Waals surface area contributed by atoms with Crippen LogP contribution in [0, 0.1) is 5.92 Å². The number of hydrogen-bond acceptors (Lipinski definition) is 4. The van der Waals surface area contributed by atoms with E-state index in [1.54, 1.807) is 5.48 Å². The van der Waals surface area contributed by atoms with E-state index in [0.717, 1.165) is 13.1 Å². The van der Waals surface area contributed by atoms with Gasteiger partial charge >= 0.3 is 0 Å². The zero-order valence-electron chi connectivity index (χ0n) is 8.92. The van der Waals surface area contributed by atoms with E-state index in [1.807, 2.05) is 14.0 Å². The van der Waals surface area contributed by atoms with Gasteiger partial charge < -0.3 is 10.6 Å². The van der Waals surface area contributed by atoms with E-state index in [-0.39, 0.29) is 5.92 Å². The predicted octanol–water partition coefficient (Wildman–Crippen LogP) is 0.103. The smallest absolute Gasteiger partial charge is 0.275 e. The van der Waals surface area contributed by atoms with Crippen LogP contribution in [0.3, 0.4) is 0 Å². The molecule has 0 aromatic heterocycles. The maximum atomic E-state index is 11.5. The standard InChI is InChI=1S/C9H16FN3O2/c1-6-5-13(2)4-3-7(11)8(6)9(14)12-15-10/h6H,3-5,11H2,1-2H3,(H,12,14). The predicted molar refractivity (Wildman–Crippen MR) is 52.8 cm³/mol. The molecular weight excluding hydrogens is 201 g/mol. The molecule has 0 radical (unpaired) electrons. The number of nitrogens with one attached hydrogen (secondary N) is 1. The normalized spacial score (nSPS) is 23.8. The molecule has 1 rings (SSSR count). The molecule has 6 heteroatoms. The SMILES string of the molecule is CC1CN(C)CCC(N)=C1C(=O)NOF. The lowest BCUT2D eigenvalue weighted by molar-refractivity contribution is -0.196. The molecule has 1 heterocycles. The first-order valence-corrected chi connectivity index (χ1v) is 4.81. The third kappa shape index (κ3) is 2.90. The van der Waals surface area contributed by atoms with Crippen molar-refractivity contribution < 1.29 is 14.4 Å². The van der Waals surface area contributed by atoms with Gasteiger partial charge in [0.05, 0.1) is 0 Å². The molecule has 1 amide bonds. The summed E-state index contributed by atoms with van der Waals surface area (Å²) in [5, 5.41) is 3.12. The van der Waals surface area contributed by atoms with Crippen LogP contribution < -0.4 is 11.2 Å². The first-order chi connectivity index (χ1) is 7.06. The molecule has 5 nitrogen and oxygen atoms in total. The average Bonchev–Trinajstić information content (AvgIpc) is 2.26. The Hall–Kier alpha value is -1.14. The summed E-state index contributed by atoms with van der Waals surface area (Å²) in [5.41, 5.74) is 8.35. The Morgan fingerprint density at radius 2 is 2.40 bits per heavy atom. The molecule has 0 aromatic rings. The first-order valence-electron chi connectivity index (χ1n) is 4.81. The number of nitrogens with zero attached hydrogens (tertiary/aromatic N) is 1. The summed E-state index contributed by atoms with van der Waals surface area (Å²) >= 11 is 0. The number of carbonyl (C=O) groups is 1. The second kappa shape index (κ2) is 5.09. The molecule has 0 fully saturated rings. The fraction of sp³-hybridized carbons (Fsp3) is 0.667. The van der Waals surface area contributed by atoms with Crippen LogP contribution >= 0.6 is 0 Å². The molecular formula is C9H16FN3O2. The molecule has 0 saturated carbocycles. The Morgan fingerprint density at radius 3 is 3.00 bits per heavy atom. The van der Waals surface area contributed by atoms with Crippen molar-refractivity contribution in [2.45, 2.75) is 13.3 Å². The average molecular weight is 217 g/mol. The number of carbonyl (C=O) groups excluding carboxylic acids is 1. The summed E-state index contributed by atoms with van der Waals surface area (Å²) in [6.07, 6.45) is 0.607. The molecule has 1 atom stereocenters. The number of hydroxylamine groups is 1. The van der Waals surface area contributed by atoms with Crippen LogP contribution in [0.15, 0.2) is 11.3 Å². The molecule has 0 saturated heterocycles. The highest BCUT2D eigenvalue weighted by molar-refractivity contribution is 5.93. The van der Waals surface area contributed by atoms with Crippen LogP contribution in [0.2, 0.25) is 0 Å². The molecule has 1 unspecified atom stereocenters. The fourth-order valence-corrected chi connectivity index (χ4v) is 1.87. The molecule has 1 aliphatic rings. The zero-order chi connectivity index (χ0) is 11.4. The molecule has 0 aromatic carbocycles. The van der Waals surface area contributed by atoms with Gasteiger partial charge in [-0.25, -0.2) is 0 Å². The number of amides is 1. The maximum absolute atomic E-state index is 11.5. The first kappa shape index (κ1) is 11.9. The van der Waals surface area contributed by atoms with E-state index in [2.05, 4.69) is 9.94 Å². The van der Waals surface area contributed by atoms with Gasteiger partial charge in [-0.05, 0) is 11.6 Å². The minimum atomic E-state index is -0.599.